The van der Waals surface area contributed by atoms with Crippen LogP contribution in [-0.4, -0.2) is 23.6 Å². The van der Waals surface area contributed by atoms with Crippen molar-refractivity contribution in [1.82, 2.24) is 0 Å². The van der Waals surface area contributed by atoms with E-state index in [4.69, 9.17) is 9.47 Å². The first-order valence-electron chi connectivity index (χ1n) is 10.4. The van der Waals surface area contributed by atoms with Crippen LogP contribution in [0.2, 0.25) is 0 Å². The van der Waals surface area contributed by atoms with E-state index in [-0.39, 0.29) is 30.5 Å². The van der Waals surface area contributed by atoms with E-state index in [0.717, 1.165) is 32.1 Å². The predicted octanol–water partition coefficient (Wildman–Crippen LogP) is 5.05. The minimum Gasteiger partial charge on any atom is -0.487 e. The molecule has 0 aromatic heterocycles. The molecular weight excluding hydrogens is 356 g/mol. The molecule has 0 N–H and O–H groups in total. The molecule has 28 heavy (non-hydrogen) atoms. The van der Waals surface area contributed by atoms with Gasteiger partial charge in [-0.2, -0.15) is 0 Å². The molecular formula is C23H32O5. The Kier molecular flexibility index (Phi) is 8.21. The first kappa shape index (κ1) is 22.1. The van der Waals surface area contributed by atoms with E-state index in [2.05, 4.69) is 0 Å². The van der Waals surface area contributed by atoms with Gasteiger partial charge in [0.25, 0.3) is 0 Å². The fraction of sp³-hybridized carbons (Fsp3) is 0.609. The second kappa shape index (κ2) is 10.4. The van der Waals surface area contributed by atoms with E-state index in [9.17, 15) is 14.4 Å². The molecule has 1 saturated carbocycles. The van der Waals surface area contributed by atoms with Gasteiger partial charge in [0.1, 0.15) is 17.0 Å². The lowest BCUT2D eigenvalue weighted by molar-refractivity contribution is -0.153. The average molecular weight is 389 g/mol. The second-order valence-corrected chi connectivity index (χ2v) is 7.66. The molecule has 1 aromatic rings. The molecule has 0 radical (unpaired) electrons. The summed E-state index contributed by atoms with van der Waals surface area (Å²) in [6.07, 6.45) is 5.42. The number of carbonyl (C=O) groups excluding carboxylic acids is 3. The average Bonchev–Trinajstić information content (AvgIpc) is 2.87. The molecule has 0 spiro atoms. The second-order valence-electron chi connectivity index (χ2n) is 7.66. The van der Waals surface area contributed by atoms with Gasteiger partial charge in [-0.15, -0.1) is 0 Å². The highest BCUT2D eigenvalue weighted by Crippen LogP contribution is 2.39. The van der Waals surface area contributed by atoms with Crippen molar-refractivity contribution in [2.45, 2.75) is 84.7 Å². The number of hydrogen-bond acceptors (Lipinski definition) is 5. The van der Waals surface area contributed by atoms with E-state index in [0.29, 0.717) is 24.3 Å². The van der Waals surface area contributed by atoms with Crippen LogP contribution in [0.25, 0.3) is 0 Å². The Hall–Kier alpha value is -2.17. The zero-order chi connectivity index (χ0) is 20.6. The van der Waals surface area contributed by atoms with Crippen molar-refractivity contribution in [3.8, 4) is 11.5 Å². The van der Waals surface area contributed by atoms with Gasteiger partial charge in [-0.1, -0.05) is 38.8 Å². The highest BCUT2D eigenvalue weighted by atomic mass is 16.6. The number of ketones is 2. The number of ether oxygens (including phenoxy) is 2. The number of benzene rings is 1. The summed E-state index contributed by atoms with van der Waals surface area (Å²) in [5, 5.41) is 0. The Morgan fingerprint density at radius 3 is 2.39 bits per heavy atom. The predicted molar refractivity (Wildman–Crippen MR) is 108 cm³/mol. The molecule has 2 rings (SSSR count). The minimum absolute atomic E-state index is 0.0262. The summed E-state index contributed by atoms with van der Waals surface area (Å²) in [6.45, 7) is 5.58. The lowest BCUT2D eigenvalue weighted by atomic mass is 9.75. The zero-order valence-corrected chi connectivity index (χ0v) is 17.3. The van der Waals surface area contributed by atoms with Crippen molar-refractivity contribution in [1.29, 1.82) is 0 Å². The van der Waals surface area contributed by atoms with Crippen molar-refractivity contribution < 1.29 is 23.9 Å². The molecule has 0 saturated heterocycles. The number of esters is 1. The molecule has 154 valence electrons. The van der Waals surface area contributed by atoms with Gasteiger partial charge >= 0.3 is 5.97 Å². The standard InChI is InChI=1S/C23H32O5/c1-4-18(5-2)27-19-11-8-9-12-20(19)28-22(26)23(16-14-17(3)24)15-10-6-7-13-21(23)25/h8-9,11-12,18H,4-7,10,13-16H2,1-3H3. The Labute approximate surface area is 167 Å². The summed E-state index contributed by atoms with van der Waals surface area (Å²) in [5.41, 5.74) is -1.23. The fourth-order valence-electron chi connectivity index (χ4n) is 3.70. The van der Waals surface area contributed by atoms with Gasteiger partial charge in [-0.3, -0.25) is 9.59 Å². The summed E-state index contributed by atoms with van der Waals surface area (Å²) < 4.78 is 11.7. The molecule has 1 aliphatic carbocycles. The number of para-hydroxylation sites is 2. The van der Waals surface area contributed by atoms with Crippen LogP contribution in [0.15, 0.2) is 24.3 Å². The summed E-state index contributed by atoms with van der Waals surface area (Å²) in [5.74, 6) is 0.156. The van der Waals surface area contributed by atoms with E-state index in [1.807, 2.05) is 19.9 Å². The van der Waals surface area contributed by atoms with Gasteiger partial charge in [0.05, 0.1) is 6.10 Å². The van der Waals surface area contributed by atoms with Crippen LogP contribution >= 0.6 is 0 Å². The maximum absolute atomic E-state index is 13.2. The van der Waals surface area contributed by atoms with Crippen LogP contribution in [0.4, 0.5) is 0 Å². The Bertz CT molecular complexity index is 692. The van der Waals surface area contributed by atoms with Gasteiger partial charge in [-0.05, 0) is 51.2 Å². The molecule has 0 bridgehead atoms. The monoisotopic (exact) mass is 388 g/mol. The van der Waals surface area contributed by atoms with Gasteiger partial charge in [0.15, 0.2) is 11.5 Å². The third-order valence-electron chi connectivity index (χ3n) is 5.59. The first-order valence-corrected chi connectivity index (χ1v) is 10.4. The number of carbonyl (C=O) groups is 3. The van der Waals surface area contributed by atoms with Crippen LogP contribution < -0.4 is 9.47 Å². The SMILES string of the molecule is CCC(CC)Oc1ccccc1OC(=O)C1(CCC(C)=O)CCCCCC1=O. The summed E-state index contributed by atoms with van der Waals surface area (Å²) in [4.78, 5) is 37.7. The van der Waals surface area contributed by atoms with Crippen molar-refractivity contribution in [2.75, 3.05) is 0 Å². The normalized spacial score (nSPS) is 19.9. The molecule has 0 aliphatic heterocycles. The molecule has 1 fully saturated rings. The van der Waals surface area contributed by atoms with Crippen molar-refractivity contribution in [2.24, 2.45) is 5.41 Å². The van der Waals surface area contributed by atoms with E-state index in [1.54, 1.807) is 18.2 Å². The van der Waals surface area contributed by atoms with Crippen LogP contribution in [0.3, 0.4) is 0 Å². The summed E-state index contributed by atoms with van der Waals surface area (Å²) in [6, 6.07) is 7.07. The Balaban J connectivity index is 2.28. The van der Waals surface area contributed by atoms with Gasteiger partial charge < -0.3 is 14.3 Å². The maximum atomic E-state index is 13.2. The van der Waals surface area contributed by atoms with Gasteiger partial charge in [-0.25, -0.2) is 0 Å². The lowest BCUT2D eigenvalue weighted by Gasteiger charge is -2.29. The van der Waals surface area contributed by atoms with Crippen molar-refractivity contribution in [3.05, 3.63) is 24.3 Å². The smallest absolute Gasteiger partial charge is 0.325 e. The number of hydrogen-bond donors (Lipinski definition) is 0. The van der Waals surface area contributed by atoms with Crippen LogP contribution in [0.1, 0.15) is 78.6 Å². The van der Waals surface area contributed by atoms with Crippen LogP contribution in [0.5, 0.6) is 11.5 Å². The third-order valence-corrected chi connectivity index (χ3v) is 5.59. The fourth-order valence-corrected chi connectivity index (χ4v) is 3.70. The molecule has 1 unspecified atom stereocenters. The van der Waals surface area contributed by atoms with E-state index < -0.39 is 11.4 Å². The van der Waals surface area contributed by atoms with Crippen molar-refractivity contribution in [3.63, 3.8) is 0 Å². The van der Waals surface area contributed by atoms with Gasteiger partial charge in [0, 0.05) is 12.8 Å². The highest BCUT2D eigenvalue weighted by molar-refractivity contribution is 6.05. The molecule has 0 amide bonds. The van der Waals surface area contributed by atoms with Gasteiger partial charge in [0.2, 0.25) is 0 Å². The molecule has 1 aliphatic rings. The topological polar surface area (TPSA) is 69.7 Å². The molecule has 1 atom stereocenters. The summed E-state index contributed by atoms with van der Waals surface area (Å²) >= 11 is 0. The van der Waals surface area contributed by atoms with Crippen molar-refractivity contribution >= 4 is 17.5 Å². The molecule has 5 nitrogen and oxygen atoms in total. The van der Waals surface area contributed by atoms with E-state index in [1.165, 1.54) is 6.92 Å². The zero-order valence-electron chi connectivity index (χ0n) is 17.3. The quantitative estimate of drug-likeness (QED) is 0.256. The van der Waals surface area contributed by atoms with Crippen LogP contribution in [-0.2, 0) is 14.4 Å². The van der Waals surface area contributed by atoms with E-state index >= 15 is 0 Å². The Morgan fingerprint density at radius 1 is 1.07 bits per heavy atom. The highest BCUT2D eigenvalue weighted by Gasteiger charge is 2.47. The Morgan fingerprint density at radius 2 is 1.75 bits per heavy atom. The first-order chi connectivity index (χ1) is 13.4. The number of Topliss-reactive ketones (excluding diaryl/α,β-unsaturated/α-hetero) is 2. The third kappa shape index (κ3) is 5.43. The molecule has 1 aromatic carbocycles. The largest absolute Gasteiger partial charge is 0.487 e. The maximum Gasteiger partial charge on any atom is 0.325 e. The minimum atomic E-state index is -1.23. The molecule has 0 heterocycles. The molecule has 5 heteroatoms. The summed E-state index contributed by atoms with van der Waals surface area (Å²) in [7, 11) is 0. The lowest BCUT2D eigenvalue weighted by Crippen LogP contribution is -2.42. The van der Waals surface area contributed by atoms with Crippen LogP contribution in [0, 0.1) is 5.41 Å². The number of rotatable bonds is 9.